The van der Waals surface area contributed by atoms with Gasteiger partial charge in [-0.3, -0.25) is 0 Å². The van der Waals surface area contributed by atoms with Crippen molar-refractivity contribution in [3.8, 4) is 0 Å². The fourth-order valence-corrected chi connectivity index (χ4v) is 22.7. The summed E-state index contributed by atoms with van der Waals surface area (Å²) in [6.45, 7) is 4.85. The van der Waals surface area contributed by atoms with E-state index in [4.69, 9.17) is 3.97 Å². The minimum Gasteiger partial charge on any atom is -0.0654 e. The molecule has 3 nitrogen and oxygen atoms in total. The Bertz CT molecular complexity index is 2400. The third-order valence-electron chi connectivity index (χ3n) is 18.9. The van der Waals surface area contributed by atoms with Gasteiger partial charge in [-0.15, -0.1) is 0 Å². The molecule has 0 atom stereocenters. The molecule has 0 amide bonds. The van der Waals surface area contributed by atoms with E-state index in [1.165, 1.54) is 255 Å². The number of fused-ring (bicyclic) bond motifs is 1. The van der Waals surface area contributed by atoms with Gasteiger partial charge in [0.15, 0.2) is 0 Å². The quantitative estimate of drug-likeness (QED) is 0.0288. The summed E-state index contributed by atoms with van der Waals surface area (Å²) >= 11 is 0. The second kappa shape index (κ2) is 42.5. The van der Waals surface area contributed by atoms with E-state index < -0.39 is 16.9 Å². The van der Waals surface area contributed by atoms with Crippen molar-refractivity contribution in [1.29, 1.82) is 0 Å². The standard InChI is InChI=1S/C78H123O3PS/c1-5-9-12-15-18-21-24-27-30-33-36-39-42-54-65-73-74(66-55-43-40-37-34-31-28-25-22-19-16-13-10-6-2)76(68-56-44-41-38-35-32-29-26-23-20-17-14-11-7-3)78(77-69-58-57-67-75(73)77)83(79,80)81-82(8-4,70-59-48-45-49-60-70,71-61-50-46-51-62-71)72-63-52-47-53-64-72/h45-53,57-64,67,69H,5-44,54-56,65-66,68H2,1-4H3. The summed E-state index contributed by atoms with van der Waals surface area (Å²) in [6.07, 6.45) is 58.7. The molecule has 0 aliphatic rings. The molecule has 5 rings (SSSR count). The molecule has 0 heterocycles. The van der Waals surface area contributed by atoms with E-state index in [-0.39, 0.29) is 0 Å². The van der Waals surface area contributed by atoms with Gasteiger partial charge in [0.2, 0.25) is 0 Å². The van der Waals surface area contributed by atoms with Crippen LogP contribution in [0.15, 0.2) is 120 Å². The summed E-state index contributed by atoms with van der Waals surface area (Å²) in [7, 11) is -4.45. The molecule has 0 fully saturated rings. The molecule has 0 spiro atoms. The Balaban J connectivity index is 1.47. The number of aryl methyl sites for hydroxylation is 1. The summed E-state index contributed by atoms with van der Waals surface area (Å²) < 4.78 is 41.1. The smallest absolute Gasteiger partial charge is 0.0654 e. The van der Waals surface area contributed by atoms with Crippen molar-refractivity contribution in [3.63, 3.8) is 0 Å². The van der Waals surface area contributed by atoms with Crippen molar-refractivity contribution in [1.82, 2.24) is 0 Å². The van der Waals surface area contributed by atoms with Crippen LogP contribution in [0.3, 0.4) is 0 Å². The van der Waals surface area contributed by atoms with Crippen LogP contribution in [0.25, 0.3) is 10.8 Å². The average molecular weight is 1170 g/mol. The first kappa shape index (κ1) is 70.5. The Kier molecular flexibility index (Phi) is 36.1. The molecule has 0 radical (unpaired) electrons. The van der Waals surface area contributed by atoms with Crippen LogP contribution in [-0.2, 0) is 33.4 Å². The van der Waals surface area contributed by atoms with Crippen LogP contribution in [0.5, 0.6) is 0 Å². The monoisotopic (exact) mass is 1170 g/mol. The number of hydrogen-bond donors (Lipinski definition) is 0. The minimum absolute atomic E-state index is 0.443. The second-order valence-electron chi connectivity index (χ2n) is 25.4. The predicted octanol–water partition coefficient (Wildman–Crippen LogP) is 24.1. The molecule has 5 heteroatoms. The molecule has 464 valence electrons. The molecular weight excluding hydrogens is 1050 g/mol. The minimum atomic E-state index is -4.45. The van der Waals surface area contributed by atoms with Crippen LogP contribution < -0.4 is 15.9 Å². The summed E-state index contributed by atoms with van der Waals surface area (Å²) in [5.74, 6) is 0. The van der Waals surface area contributed by atoms with Crippen molar-refractivity contribution >= 4 is 43.6 Å². The first-order valence-corrected chi connectivity index (χ1v) is 39.3. The topological polar surface area (TPSA) is 43.4 Å². The Morgan fingerprint density at radius 1 is 0.277 bits per heavy atom. The van der Waals surface area contributed by atoms with E-state index in [0.29, 0.717) is 11.1 Å². The van der Waals surface area contributed by atoms with Gasteiger partial charge in [-0.2, -0.15) is 0 Å². The van der Waals surface area contributed by atoms with Gasteiger partial charge < -0.3 is 0 Å². The summed E-state index contributed by atoms with van der Waals surface area (Å²) in [5.41, 5.74) is 3.79. The van der Waals surface area contributed by atoms with Gasteiger partial charge in [-0.25, -0.2) is 0 Å². The zero-order valence-corrected chi connectivity index (χ0v) is 55.8. The van der Waals surface area contributed by atoms with Crippen LogP contribution in [-0.4, -0.2) is 14.6 Å². The Morgan fingerprint density at radius 3 is 0.807 bits per heavy atom. The van der Waals surface area contributed by atoms with Crippen molar-refractivity contribution in [2.24, 2.45) is 0 Å². The van der Waals surface area contributed by atoms with Crippen LogP contribution >= 0.6 is 6.83 Å². The fourth-order valence-electron chi connectivity index (χ4n) is 13.9. The van der Waals surface area contributed by atoms with Crippen molar-refractivity contribution in [2.75, 3.05) is 6.16 Å². The van der Waals surface area contributed by atoms with E-state index in [9.17, 15) is 0 Å². The summed E-state index contributed by atoms with van der Waals surface area (Å²) in [6, 6.07) is 39.9. The van der Waals surface area contributed by atoms with Gasteiger partial charge in [-0.05, 0) is 0 Å². The van der Waals surface area contributed by atoms with Crippen LogP contribution in [0.2, 0.25) is 0 Å². The molecular formula is C78H123O3PS. The molecule has 0 aliphatic carbocycles. The van der Waals surface area contributed by atoms with Gasteiger partial charge in [0, 0.05) is 0 Å². The molecule has 0 N–H and O–H groups in total. The molecule has 5 aromatic carbocycles. The van der Waals surface area contributed by atoms with Crippen LogP contribution in [0, 0.1) is 0 Å². The molecule has 0 saturated heterocycles. The van der Waals surface area contributed by atoms with Gasteiger partial charge >= 0.3 is 341 Å². The average Bonchev–Trinajstić information content (AvgIpc) is 1.00. The number of hydrogen-bond acceptors (Lipinski definition) is 3. The van der Waals surface area contributed by atoms with E-state index >= 15 is 8.42 Å². The number of benzene rings is 5. The van der Waals surface area contributed by atoms with Gasteiger partial charge in [0.05, 0.1) is 0 Å². The summed E-state index contributed by atoms with van der Waals surface area (Å²) in [4.78, 5) is 0.443. The van der Waals surface area contributed by atoms with Gasteiger partial charge in [0.25, 0.3) is 0 Å². The molecule has 83 heavy (non-hydrogen) atoms. The first-order chi connectivity index (χ1) is 40.9. The maximum atomic E-state index is 16.7. The van der Waals surface area contributed by atoms with E-state index in [0.717, 1.165) is 77.2 Å². The molecule has 0 saturated carbocycles. The predicted molar refractivity (Wildman–Crippen MR) is 370 cm³/mol. The summed E-state index contributed by atoms with van der Waals surface area (Å²) in [5, 5.41) is 4.79. The van der Waals surface area contributed by atoms with Crippen molar-refractivity contribution < 1.29 is 12.4 Å². The number of unbranched alkanes of at least 4 members (excludes halogenated alkanes) is 39. The second-order valence-corrected chi connectivity index (χ2v) is 31.9. The molecule has 5 aromatic rings. The van der Waals surface area contributed by atoms with E-state index in [1.807, 2.05) is 18.2 Å². The van der Waals surface area contributed by atoms with E-state index in [2.05, 4.69) is 125 Å². The molecule has 0 unspecified atom stereocenters. The number of rotatable bonds is 52. The van der Waals surface area contributed by atoms with Crippen molar-refractivity contribution in [3.05, 3.63) is 132 Å². The Morgan fingerprint density at radius 2 is 0.518 bits per heavy atom. The van der Waals surface area contributed by atoms with E-state index in [1.54, 1.807) is 0 Å². The fraction of sp³-hybridized carbons (Fsp3) is 0.641. The molecule has 0 aromatic heterocycles. The first-order valence-electron chi connectivity index (χ1n) is 35.6. The zero-order chi connectivity index (χ0) is 58.8. The Labute approximate surface area is 512 Å². The maximum absolute atomic E-state index is 16.7. The van der Waals surface area contributed by atoms with Crippen LogP contribution in [0.4, 0.5) is 0 Å². The van der Waals surface area contributed by atoms with Gasteiger partial charge in [0.1, 0.15) is 0 Å². The molecule has 0 aliphatic heterocycles. The zero-order valence-electron chi connectivity index (χ0n) is 54.1. The third kappa shape index (κ3) is 23.4. The van der Waals surface area contributed by atoms with Crippen molar-refractivity contribution in [2.45, 2.75) is 322 Å². The van der Waals surface area contributed by atoms with Crippen LogP contribution in [0.1, 0.15) is 314 Å². The third-order valence-corrected chi connectivity index (χ3v) is 27.3. The normalized spacial score (nSPS) is 12.6. The molecule has 0 bridgehead atoms. The van der Waals surface area contributed by atoms with Gasteiger partial charge in [-0.1, -0.05) is 175 Å². The Hall–Kier alpha value is -3.30. The SMILES string of the molecule is CCCCCCCCCCCCCCCCc1c(CCCCCCCCCCCCCCCC)c(S(=O)(=O)OP(CC)(c2ccccc2)(c2ccccc2)c2ccccc2)c2ccccc2c1CCCCCCCCCCCCCCCC.